The van der Waals surface area contributed by atoms with Gasteiger partial charge < -0.3 is 15.1 Å². The lowest BCUT2D eigenvalue weighted by Gasteiger charge is -2.26. The minimum absolute atomic E-state index is 0.374. The highest BCUT2D eigenvalue weighted by molar-refractivity contribution is 5.52. The van der Waals surface area contributed by atoms with Crippen molar-refractivity contribution in [3.8, 4) is 11.5 Å². The standard InChI is InChI=1S/C13H17N5O/c1-18-6-4-9(5-7-18)12-16-17-13(19-12)10-2-3-11(14)15-8-10/h2-3,8-9H,4-7H2,1H3,(H2,14,15). The third-order valence-electron chi connectivity index (χ3n) is 3.54. The SMILES string of the molecule is CN1CCC(c2nnc(-c3ccc(N)nc3)o2)CC1. The summed E-state index contributed by atoms with van der Waals surface area (Å²) in [7, 11) is 2.13. The fourth-order valence-electron chi connectivity index (χ4n) is 2.30. The van der Waals surface area contributed by atoms with E-state index in [0.29, 0.717) is 17.6 Å². The summed E-state index contributed by atoms with van der Waals surface area (Å²) in [6, 6.07) is 3.57. The number of rotatable bonds is 2. The van der Waals surface area contributed by atoms with Crippen LogP contribution >= 0.6 is 0 Å². The molecule has 0 unspecified atom stereocenters. The molecule has 3 rings (SSSR count). The van der Waals surface area contributed by atoms with Crippen molar-refractivity contribution in [2.75, 3.05) is 25.9 Å². The molecule has 1 saturated heterocycles. The van der Waals surface area contributed by atoms with E-state index >= 15 is 0 Å². The van der Waals surface area contributed by atoms with Gasteiger partial charge in [0.25, 0.3) is 0 Å². The molecule has 0 aliphatic carbocycles. The normalized spacial score (nSPS) is 17.7. The Morgan fingerprint density at radius 2 is 2.05 bits per heavy atom. The first-order chi connectivity index (χ1) is 9.22. The second-order valence-electron chi connectivity index (χ2n) is 4.99. The zero-order valence-electron chi connectivity index (χ0n) is 10.9. The molecule has 0 saturated carbocycles. The summed E-state index contributed by atoms with van der Waals surface area (Å²) in [6.07, 6.45) is 3.79. The van der Waals surface area contributed by atoms with Gasteiger partial charge in [-0.1, -0.05) is 0 Å². The van der Waals surface area contributed by atoms with Crippen LogP contribution < -0.4 is 5.73 Å². The summed E-state index contributed by atoms with van der Waals surface area (Å²) in [4.78, 5) is 6.35. The summed E-state index contributed by atoms with van der Waals surface area (Å²) < 4.78 is 5.76. The molecule has 2 N–H and O–H groups in total. The van der Waals surface area contributed by atoms with E-state index in [0.717, 1.165) is 37.4 Å². The first-order valence-corrected chi connectivity index (χ1v) is 6.46. The molecule has 1 fully saturated rings. The highest BCUT2D eigenvalue weighted by Crippen LogP contribution is 2.28. The Hall–Kier alpha value is -1.95. The number of likely N-dealkylation sites (tertiary alicyclic amines) is 1. The Bertz CT molecular complexity index is 542. The van der Waals surface area contributed by atoms with Crippen LogP contribution in [0.25, 0.3) is 11.5 Å². The highest BCUT2D eigenvalue weighted by Gasteiger charge is 2.23. The quantitative estimate of drug-likeness (QED) is 0.880. The minimum Gasteiger partial charge on any atom is -0.420 e. The molecular formula is C13H17N5O. The number of nitrogen functional groups attached to an aromatic ring is 1. The van der Waals surface area contributed by atoms with E-state index in [-0.39, 0.29) is 0 Å². The number of hydrogen-bond donors (Lipinski definition) is 1. The van der Waals surface area contributed by atoms with Crippen molar-refractivity contribution in [3.63, 3.8) is 0 Å². The van der Waals surface area contributed by atoms with Crippen molar-refractivity contribution in [1.29, 1.82) is 0 Å². The monoisotopic (exact) mass is 259 g/mol. The average molecular weight is 259 g/mol. The van der Waals surface area contributed by atoms with Crippen molar-refractivity contribution in [1.82, 2.24) is 20.1 Å². The van der Waals surface area contributed by atoms with Crippen molar-refractivity contribution in [3.05, 3.63) is 24.2 Å². The minimum atomic E-state index is 0.374. The molecule has 19 heavy (non-hydrogen) atoms. The van der Waals surface area contributed by atoms with E-state index in [1.165, 1.54) is 0 Å². The Kier molecular flexibility index (Phi) is 3.16. The summed E-state index contributed by atoms with van der Waals surface area (Å²) >= 11 is 0. The van der Waals surface area contributed by atoms with Crippen LogP contribution in [0, 0.1) is 0 Å². The van der Waals surface area contributed by atoms with Gasteiger partial charge in [-0.2, -0.15) is 0 Å². The van der Waals surface area contributed by atoms with E-state index in [9.17, 15) is 0 Å². The fourth-order valence-corrected chi connectivity index (χ4v) is 2.30. The first-order valence-electron chi connectivity index (χ1n) is 6.46. The second-order valence-corrected chi connectivity index (χ2v) is 4.99. The van der Waals surface area contributed by atoms with Gasteiger partial charge in [0.2, 0.25) is 11.8 Å². The highest BCUT2D eigenvalue weighted by atomic mass is 16.4. The van der Waals surface area contributed by atoms with Gasteiger partial charge >= 0.3 is 0 Å². The number of aromatic nitrogens is 3. The van der Waals surface area contributed by atoms with E-state index in [1.807, 2.05) is 6.07 Å². The van der Waals surface area contributed by atoms with Crippen LogP contribution in [0.1, 0.15) is 24.7 Å². The van der Waals surface area contributed by atoms with Gasteiger partial charge in [0.05, 0.1) is 5.56 Å². The number of piperidine rings is 1. The summed E-state index contributed by atoms with van der Waals surface area (Å²) in [5.74, 6) is 2.11. The van der Waals surface area contributed by atoms with E-state index in [1.54, 1.807) is 12.3 Å². The van der Waals surface area contributed by atoms with E-state index < -0.39 is 0 Å². The Morgan fingerprint density at radius 1 is 1.26 bits per heavy atom. The Morgan fingerprint density at radius 3 is 2.74 bits per heavy atom. The number of nitrogens with two attached hydrogens (primary N) is 1. The van der Waals surface area contributed by atoms with Crippen molar-refractivity contribution >= 4 is 5.82 Å². The van der Waals surface area contributed by atoms with Crippen LogP contribution in [0.3, 0.4) is 0 Å². The molecular weight excluding hydrogens is 242 g/mol. The Balaban J connectivity index is 1.77. The van der Waals surface area contributed by atoms with Crippen LogP contribution in [0.15, 0.2) is 22.7 Å². The smallest absolute Gasteiger partial charge is 0.249 e. The third kappa shape index (κ3) is 2.58. The lowest BCUT2D eigenvalue weighted by atomic mass is 9.97. The number of hydrogen-bond acceptors (Lipinski definition) is 6. The van der Waals surface area contributed by atoms with Gasteiger partial charge in [0, 0.05) is 12.1 Å². The largest absolute Gasteiger partial charge is 0.420 e. The predicted octanol–water partition coefficient (Wildman–Crippen LogP) is 1.52. The van der Waals surface area contributed by atoms with E-state index in [4.69, 9.17) is 10.2 Å². The summed E-state index contributed by atoms with van der Waals surface area (Å²) in [5.41, 5.74) is 6.36. The summed E-state index contributed by atoms with van der Waals surface area (Å²) in [6.45, 7) is 2.15. The van der Waals surface area contributed by atoms with Gasteiger partial charge in [0.15, 0.2) is 0 Å². The maximum Gasteiger partial charge on any atom is 0.249 e. The van der Waals surface area contributed by atoms with E-state index in [2.05, 4.69) is 27.1 Å². The Labute approximate surface area is 111 Å². The average Bonchev–Trinajstić information content (AvgIpc) is 2.90. The molecule has 0 radical (unpaired) electrons. The topological polar surface area (TPSA) is 81.1 Å². The van der Waals surface area contributed by atoms with Crippen molar-refractivity contribution in [2.45, 2.75) is 18.8 Å². The molecule has 0 amide bonds. The molecule has 1 aliphatic rings. The van der Waals surface area contributed by atoms with Crippen LogP contribution in [0.2, 0.25) is 0 Å². The van der Waals surface area contributed by atoms with Crippen LogP contribution in [-0.2, 0) is 0 Å². The van der Waals surface area contributed by atoms with Crippen LogP contribution in [0.4, 0.5) is 5.82 Å². The molecule has 6 heteroatoms. The molecule has 0 atom stereocenters. The fraction of sp³-hybridized carbons (Fsp3) is 0.462. The van der Waals surface area contributed by atoms with Gasteiger partial charge in [-0.3, -0.25) is 0 Å². The number of pyridine rings is 1. The molecule has 0 aromatic carbocycles. The van der Waals surface area contributed by atoms with Crippen molar-refractivity contribution in [2.24, 2.45) is 0 Å². The maximum atomic E-state index is 5.76. The lowest BCUT2D eigenvalue weighted by Crippen LogP contribution is -2.29. The van der Waals surface area contributed by atoms with Gasteiger partial charge in [-0.15, -0.1) is 10.2 Å². The summed E-state index contributed by atoms with van der Waals surface area (Å²) in [5, 5.41) is 8.27. The molecule has 3 heterocycles. The van der Waals surface area contributed by atoms with Gasteiger partial charge in [-0.05, 0) is 45.1 Å². The molecule has 6 nitrogen and oxygen atoms in total. The molecule has 2 aromatic heterocycles. The number of anilines is 1. The zero-order valence-corrected chi connectivity index (χ0v) is 10.9. The zero-order chi connectivity index (χ0) is 13.2. The lowest BCUT2D eigenvalue weighted by molar-refractivity contribution is 0.237. The van der Waals surface area contributed by atoms with Crippen LogP contribution in [0.5, 0.6) is 0 Å². The predicted molar refractivity (Wildman–Crippen MR) is 71.4 cm³/mol. The molecule has 0 bridgehead atoms. The molecule has 100 valence electrons. The van der Waals surface area contributed by atoms with Crippen LogP contribution in [-0.4, -0.2) is 40.2 Å². The van der Waals surface area contributed by atoms with Gasteiger partial charge in [-0.25, -0.2) is 4.98 Å². The first kappa shape index (κ1) is 12.1. The number of nitrogens with zero attached hydrogens (tertiary/aromatic N) is 4. The maximum absolute atomic E-state index is 5.76. The second kappa shape index (κ2) is 4.97. The molecule has 1 aliphatic heterocycles. The third-order valence-corrected chi connectivity index (χ3v) is 3.54. The van der Waals surface area contributed by atoms with Gasteiger partial charge in [0.1, 0.15) is 5.82 Å². The molecule has 0 spiro atoms. The van der Waals surface area contributed by atoms with Crippen molar-refractivity contribution < 1.29 is 4.42 Å². The molecule has 2 aromatic rings.